The van der Waals surface area contributed by atoms with Crippen LogP contribution in [-0.4, -0.2) is 19.0 Å². The standard InChI is InChI=1S/C11H13Cl2N3O/c12-7-2-9(15)10(3-8(7)13)16-5-6(4-14)1-11(16)17/h2-3,6H,1,4-5,14-15H2. The second kappa shape index (κ2) is 4.72. The molecular weight excluding hydrogens is 261 g/mol. The second-order valence-electron chi connectivity index (χ2n) is 4.14. The summed E-state index contributed by atoms with van der Waals surface area (Å²) >= 11 is 11.8. The van der Waals surface area contributed by atoms with Gasteiger partial charge >= 0.3 is 0 Å². The number of amides is 1. The molecule has 6 heteroatoms. The highest BCUT2D eigenvalue weighted by molar-refractivity contribution is 6.42. The molecule has 1 aromatic rings. The van der Waals surface area contributed by atoms with Gasteiger partial charge in [0.1, 0.15) is 0 Å². The van der Waals surface area contributed by atoms with Gasteiger partial charge in [-0.2, -0.15) is 0 Å². The third-order valence-electron chi connectivity index (χ3n) is 2.90. The normalized spacial score (nSPS) is 20.1. The molecule has 17 heavy (non-hydrogen) atoms. The summed E-state index contributed by atoms with van der Waals surface area (Å²) in [6.45, 7) is 1.07. The van der Waals surface area contributed by atoms with Crippen LogP contribution in [0.15, 0.2) is 12.1 Å². The molecule has 92 valence electrons. The number of hydrogen-bond donors (Lipinski definition) is 2. The summed E-state index contributed by atoms with van der Waals surface area (Å²) in [6.07, 6.45) is 0.455. The van der Waals surface area contributed by atoms with Crippen molar-refractivity contribution in [3.8, 4) is 0 Å². The number of nitrogens with zero attached hydrogens (tertiary/aromatic N) is 1. The van der Waals surface area contributed by atoms with Gasteiger partial charge in [-0.1, -0.05) is 23.2 Å². The monoisotopic (exact) mass is 273 g/mol. The predicted octanol–water partition coefficient (Wildman–Crippen LogP) is 1.89. The van der Waals surface area contributed by atoms with Crippen molar-refractivity contribution in [3.63, 3.8) is 0 Å². The summed E-state index contributed by atoms with van der Waals surface area (Å²) in [5.41, 5.74) is 12.5. The number of carbonyl (C=O) groups is 1. The molecule has 1 atom stereocenters. The van der Waals surface area contributed by atoms with Crippen LogP contribution in [0.25, 0.3) is 0 Å². The Balaban J connectivity index is 2.35. The van der Waals surface area contributed by atoms with Crippen molar-refractivity contribution in [2.24, 2.45) is 11.7 Å². The summed E-state index contributed by atoms with van der Waals surface area (Å²) in [7, 11) is 0. The molecule has 4 nitrogen and oxygen atoms in total. The van der Waals surface area contributed by atoms with Crippen molar-refractivity contribution in [1.29, 1.82) is 0 Å². The van der Waals surface area contributed by atoms with Crippen molar-refractivity contribution in [3.05, 3.63) is 22.2 Å². The molecule has 4 N–H and O–H groups in total. The second-order valence-corrected chi connectivity index (χ2v) is 4.95. The largest absolute Gasteiger partial charge is 0.397 e. The first-order valence-corrected chi connectivity index (χ1v) is 6.03. The van der Waals surface area contributed by atoms with E-state index >= 15 is 0 Å². The van der Waals surface area contributed by atoms with E-state index in [1.807, 2.05) is 0 Å². The third kappa shape index (κ3) is 2.34. The average molecular weight is 274 g/mol. The average Bonchev–Trinajstić information content (AvgIpc) is 2.65. The number of hydrogen-bond acceptors (Lipinski definition) is 3. The Morgan fingerprint density at radius 3 is 2.59 bits per heavy atom. The van der Waals surface area contributed by atoms with Gasteiger partial charge in [0.05, 0.1) is 21.4 Å². The van der Waals surface area contributed by atoms with Crippen molar-refractivity contribution >= 4 is 40.5 Å². The van der Waals surface area contributed by atoms with Gasteiger partial charge in [0.2, 0.25) is 5.91 Å². The van der Waals surface area contributed by atoms with E-state index in [2.05, 4.69) is 0 Å². The zero-order chi connectivity index (χ0) is 12.6. The van der Waals surface area contributed by atoms with E-state index in [0.717, 1.165) is 0 Å². The first-order chi connectivity index (χ1) is 8.02. The lowest BCUT2D eigenvalue weighted by Gasteiger charge is -2.19. The van der Waals surface area contributed by atoms with Gasteiger partial charge in [-0.05, 0) is 24.6 Å². The first-order valence-electron chi connectivity index (χ1n) is 5.28. The van der Waals surface area contributed by atoms with Gasteiger partial charge in [-0.3, -0.25) is 4.79 Å². The van der Waals surface area contributed by atoms with Crippen molar-refractivity contribution in [1.82, 2.24) is 0 Å². The van der Waals surface area contributed by atoms with E-state index in [9.17, 15) is 4.79 Å². The number of nitrogens with two attached hydrogens (primary N) is 2. The molecule has 0 bridgehead atoms. The predicted molar refractivity (Wildman–Crippen MR) is 70.4 cm³/mol. The van der Waals surface area contributed by atoms with Crippen LogP contribution in [-0.2, 0) is 4.79 Å². The number of benzene rings is 1. The first kappa shape index (κ1) is 12.5. The Morgan fingerprint density at radius 1 is 1.35 bits per heavy atom. The van der Waals surface area contributed by atoms with Crippen LogP contribution < -0.4 is 16.4 Å². The van der Waals surface area contributed by atoms with E-state index in [1.54, 1.807) is 17.0 Å². The maximum atomic E-state index is 11.8. The Kier molecular flexibility index (Phi) is 3.47. The molecule has 0 radical (unpaired) electrons. The molecule has 1 aromatic carbocycles. The summed E-state index contributed by atoms with van der Waals surface area (Å²) in [6, 6.07) is 3.18. The van der Waals surface area contributed by atoms with E-state index in [0.29, 0.717) is 40.9 Å². The van der Waals surface area contributed by atoms with E-state index in [1.165, 1.54) is 0 Å². The van der Waals surface area contributed by atoms with Crippen LogP contribution in [0.3, 0.4) is 0 Å². The summed E-state index contributed by atoms with van der Waals surface area (Å²) in [5, 5.41) is 0.773. The highest BCUT2D eigenvalue weighted by atomic mass is 35.5. The molecule has 1 unspecified atom stereocenters. The minimum absolute atomic E-state index is 0.0190. The van der Waals surface area contributed by atoms with Crippen LogP contribution in [0.1, 0.15) is 6.42 Å². The zero-order valence-corrected chi connectivity index (χ0v) is 10.6. The molecule has 0 saturated carbocycles. The fourth-order valence-corrected chi connectivity index (χ4v) is 2.29. The molecule has 1 heterocycles. The number of nitrogen functional groups attached to an aromatic ring is 1. The molecule has 1 aliphatic heterocycles. The van der Waals surface area contributed by atoms with Gasteiger partial charge in [0.25, 0.3) is 0 Å². The van der Waals surface area contributed by atoms with Gasteiger partial charge < -0.3 is 16.4 Å². The number of carbonyl (C=O) groups excluding carboxylic acids is 1. The van der Waals surface area contributed by atoms with Crippen molar-refractivity contribution < 1.29 is 4.79 Å². The number of halogens is 2. The molecule has 1 fully saturated rings. The highest BCUT2D eigenvalue weighted by Gasteiger charge is 2.30. The van der Waals surface area contributed by atoms with Crippen LogP contribution in [0.5, 0.6) is 0 Å². The van der Waals surface area contributed by atoms with Gasteiger partial charge in [-0.25, -0.2) is 0 Å². The van der Waals surface area contributed by atoms with Crippen molar-refractivity contribution in [2.75, 3.05) is 23.7 Å². The lowest BCUT2D eigenvalue weighted by molar-refractivity contribution is -0.117. The highest BCUT2D eigenvalue weighted by Crippen LogP contribution is 2.35. The third-order valence-corrected chi connectivity index (χ3v) is 3.62. The fraction of sp³-hybridized carbons (Fsp3) is 0.364. The molecule has 1 saturated heterocycles. The number of anilines is 2. The zero-order valence-electron chi connectivity index (χ0n) is 9.12. The summed E-state index contributed by atoms with van der Waals surface area (Å²) in [5.74, 6) is 0.196. The van der Waals surface area contributed by atoms with Gasteiger partial charge in [-0.15, -0.1) is 0 Å². The minimum Gasteiger partial charge on any atom is -0.397 e. The van der Waals surface area contributed by atoms with Crippen LogP contribution >= 0.6 is 23.2 Å². The Morgan fingerprint density at radius 2 is 2.00 bits per heavy atom. The molecule has 2 rings (SSSR count). The van der Waals surface area contributed by atoms with Crippen LogP contribution in [0, 0.1) is 5.92 Å². The maximum Gasteiger partial charge on any atom is 0.227 e. The van der Waals surface area contributed by atoms with E-state index in [-0.39, 0.29) is 11.8 Å². The number of rotatable bonds is 2. The minimum atomic E-state index is 0.0190. The van der Waals surface area contributed by atoms with Crippen LogP contribution in [0.4, 0.5) is 11.4 Å². The topological polar surface area (TPSA) is 72.4 Å². The van der Waals surface area contributed by atoms with Crippen molar-refractivity contribution in [2.45, 2.75) is 6.42 Å². The molecular formula is C11H13Cl2N3O. The van der Waals surface area contributed by atoms with E-state index in [4.69, 9.17) is 34.7 Å². The Labute approximate surface area is 109 Å². The molecule has 0 spiro atoms. The SMILES string of the molecule is NCC1CC(=O)N(c2cc(Cl)c(Cl)cc2N)C1. The Hall–Kier alpha value is -0.970. The smallest absolute Gasteiger partial charge is 0.227 e. The molecule has 1 aliphatic rings. The van der Waals surface area contributed by atoms with E-state index < -0.39 is 0 Å². The maximum absolute atomic E-state index is 11.8. The lowest BCUT2D eigenvalue weighted by Crippen LogP contribution is -2.26. The summed E-state index contributed by atoms with van der Waals surface area (Å²) < 4.78 is 0. The molecule has 0 aromatic heterocycles. The fourth-order valence-electron chi connectivity index (χ4n) is 1.96. The van der Waals surface area contributed by atoms with Crippen LogP contribution in [0.2, 0.25) is 10.0 Å². The Bertz CT molecular complexity index is 464. The van der Waals surface area contributed by atoms with Gasteiger partial charge in [0.15, 0.2) is 0 Å². The molecule has 0 aliphatic carbocycles. The lowest BCUT2D eigenvalue weighted by atomic mass is 10.1. The van der Waals surface area contributed by atoms with Gasteiger partial charge in [0, 0.05) is 13.0 Å². The summed E-state index contributed by atoms with van der Waals surface area (Å²) in [4.78, 5) is 13.5. The molecule has 1 amide bonds. The quantitative estimate of drug-likeness (QED) is 0.809.